The normalized spacial score (nSPS) is 11.8. The first kappa shape index (κ1) is 15.2. The first-order valence-electron chi connectivity index (χ1n) is 7.17. The van der Waals surface area contributed by atoms with E-state index in [2.05, 4.69) is 0 Å². The number of hydrogen-bond acceptors (Lipinski definition) is 6. The SMILES string of the molecule is O=S(=O)(On1cc(O)c2ccccc21)On1cc(O)c2ccccc21. The molecule has 25 heavy (non-hydrogen) atoms. The van der Waals surface area contributed by atoms with Gasteiger partial charge in [0.05, 0.1) is 23.4 Å². The molecule has 2 N–H and O–H groups in total. The van der Waals surface area contributed by atoms with Gasteiger partial charge in [0.15, 0.2) is 0 Å². The van der Waals surface area contributed by atoms with Crippen molar-refractivity contribution in [1.29, 1.82) is 0 Å². The molecule has 4 aromatic rings. The van der Waals surface area contributed by atoms with Gasteiger partial charge in [-0.15, -0.1) is 8.42 Å². The Kier molecular flexibility index (Phi) is 3.25. The Morgan fingerprint density at radius 3 is 1.56 bits per heavy atom. The summed E-state index contributed by atoms with van der Waals surface area (Å²) in [4.78, 5) is 0. The predicted octanol–water partition coefficient (Wildman–Crippen LogP) is 1.81. The number of para-hydroxylation sites is 2. The van der Waals surface area contributed by atoms with Crippen LogP contribution in [0.2, 0.25) is 0 Å². The van der Waals surface area contributed by atoms with Crippen molar-refractivity contribution < 1.29 is 27.2 Å². The summed E-state index contributed by atoms with van der Waals surface area (Å²) in [5.41, 5.74) is 0.708. The fourth-order valence-corrected chi connectivity index (χ4v) is 3.27. The van der Waals surface area contributed by atoms with E-state index in [9.17, 15) is 18.6 Å². The summed E-state index contributed by atoms with van der Waals surface area (Å²) in [6.45, 7) is 0. The highest BCUT2D eigenvalue weighted by atomic mass is 32.3. The van der Waals surface area contributed by atoms with E-state index in [4.69, 9.17) is 8.57 Å². The summed E-state index contributed by atoms with van der Waals surface area (Å²) in [7, 11) is -4.54. The Morgan fingerprint density at radius 2 is 1.12 bits per heavy atom. The highest BCUT2D eigenvalue weighted by Gasteiger charge is 2.21. The largest absolute Gasteiger partial charge is 0.539 e. The zero-order chi connectivity index (χ0) is 17.6. The molecule has 2 aromatic carbocycles. The zero-order valence-corrected chi connectivity index (χ0v) is 13.4. The second kappa shape index (κ2) is 5.35. The monoisotopic (exact) mass is 360 g/mol. The molecule has 0 aliphatic heterocycles. The summed E-state index contributed by atoms with van der Waals surface area (Å²) in [5, 5.41) is 20.6. The van der Waals surface area contributed by atoms with Crippen LogP contribution >= 0.6 is 0 Å². The summed E-state index contributed by atoms with van der Waals surface area (Å²) in [5.74, 6) is -0.260. The van der Waals surface area contributed by atoms with Gasteiger partial charge >= 0.3 is 10.4 Å². The average molecular weight is 360 g/mol. The lowest BCUT2D eigenvalue weighted by Crippen LogP contribution is -2.29. The number of rotatable bonds is 4. The molecule has 0 aliphatic rings. The third kappa shape index (κ3) is 2.60. The summed E-state index contributed by atoms with van der Waals surface area (Å²) in [6, 6.07) is 13.2. The molecule has 0 saturated heterocycles. The molecule has 4 rings (SSSR count). The Hall–Kier alpha value is -3.33. The molecule has 8 nitrogen and oxygen atoms in total. The van der Waals surface area contributed by atoms with Crippen LogP contribution in [0.4, 0.5) is 0 Å². The smallest absolute Gasteiger partial charge is 0.506 e. The number of aromatic nitrogens is 2. The molecule has 9 heteroatoms. The number of aromatic hydroxyl groups is 2. The van der Waals surface area contributed by atoms with Crippen LogP contribution in [0.3, 0.4) is 0 Å². The van der Waals surface area contributed by atoms with Crippen LogP contribution in [0.1, 0.15) is 0 Å². The molecule has 0 spiro atoms. The van der Waals surface area contributed by atoms with E-state index in [-0.39, 0.29) is 11.5 Å². The zero-order valence-electron chi connectivity index (χ0n) is 12.6. The molecule has 0 atom stereocenters. The maximum Gasteiger partial charge on any atom is 0.539 e. The van der Waals surface area contributed by atoms with Crippen molar-refractivity contribution in [1.82, 2.24) is 9.46 Å². The second-order valence-corrected chi connectivity index (χ2v) is 6.39. The van der Waals surface area contributed by atoms with Crippen molar-refractivity contribution in [3.8, 4) is 11.5 Å². The summed E-state index contributed by atoms with van der Waals surface area (Å²) >= 11 is 0. The van der Waals surface area contributed by atoms with Gasteiger partial charge in [0, 0.05) is 10.8 Å². The van der Waals surface area contributed by atoms with Crippen molar-refractivity contribution in [3.63, 3.8) is 0 Å². The molecule has 2 heterocycles. The van der Waals surface area contributed by atoms with Crippen molar-refractivity contribution in [3.05, 3.63) is 60.9 Å². The number of hydrogen-bond donors (Lipinski definition) is 2. The van der Waals surface area contributed by atoms with Crippen molar-refractivity contribution in [2.75, 3.05) is 0 Å². The molecular weight excluding hydrogens is 348 g/mol. The van der Waals surface area contributed by atoms with Crippen LogP contribution in [0.5, 0.6) is 11.5 Å². The van der Waals surface area contributed by atoms with Gasteiger partial charge in [-0.05, 0) is 24.3 Å². The lowest BCUT2D eigenvalue weighted by molar-refractivity contribution is 0.194. The molecule has 0 saturated carbocycles. The number of benzene rings is 2. The van der Waals surface area contributed by atoms with Crippen molar-refractivity contribution >= 4 is 32.2 Å². The van der Waals surface area contributed by atoms with Gasteiger partial charge in [0.2, 0.25) is 0 Å². The van der Waals surface area contributed by atoms with E-state index < -0.39 is 10.4 Å². The average Bonchev–Trinajstić information content (AvgIpc) is 3.06. The van der Waals surface area contributed by atoms with Crippen molar-refractivity contribution in [2.24, 2.45) is 0 Å². The van der Waals surface area contributed by atoms with Crippen LogP contribution in [0.25, 0.3) is 21.8 Å². The van der Waals surface area contributed by atoms with Gasteiger partial charge in [0.25, 0.3) is 0 Å². The van der Waals surface area contributed by atoms with E-state index in [1.54, 1.807) is 48.5 Å². The minimum absolute atomic E-state index is 0.130. The second-order valence-electron chi connectivity index (χ2n) is 5.27. The van der Waals surface area contributed by atoms with Gasteiger partial charge in [-0.25, -0.2) is 0 Å². The van der Waals surface area contributed by atoms with E-state index in [0.717, 1.165) is 21.9 Å². The summed E-state index contributed by atoms with van der Waals surface area (Å²) in [6.07, 6.45) is 2.24. The fraction of sp³-hybridized carbons (Fsp3) is 0. The molecular formula is C16H12N2O6S. The fourth-order valence-electron chi connectivity index (χ4n) is 2.60. The highest BCUT2D eigenvalue weighted by molar-refractivity contribution is 7.82. The first-order valence-corrected chi connectivity index (χ1v) is 8.51. The maximum atomic E-state index is 12.2. The number of nitrogens with zero attached hydrogens (tertiary/aromatic N) is 2. The third-order valence-electron chi connectivity index (χ3n) is 3.66. The number of fused-ring (bicyclic) bond motifs is 2. The molecule has 0 aliphatic carbocycles. The van der Waals surface area contributed by atoms with Crippen molar-refractivity contribution in [2.45, 2.75) is 0 Å². The van der Waals surface area contributed by atoms with E-state index in [0.29, 0.717) is 21.8 Å². The first-order chi connectivity index (χ1) is 11.9. The van der Waals surface area contributed by atoms with Crippen LogP contribution in [-0.2, 0) is 10.4 Å². The molecule has 128 valence electrons. The maximum absolute atomic E-state index is 12.2. The highest BCUT2D eigenvalue weighted by Crippen LogP contribution is 2.27. The molecule has 0 bridgehead atoms. The summed E-state index contributed by atoms with van der Waals surface area (Å²) < 4.78 is 36.0. The third-order valence-corrected chi connectivity index (χ3v) is 4.34. The lowest BCUT2D eigenvalue weighted by Gasteiger charge is -2.09. The Balaban J connectivity index is 1.70. The van der Waals surface area contributed by atoms with E-state index in [1.165, 1.54) is 0 Å². The molecule has 0 radical (unpaired) electrons. The molecule has 0 unspecified atom stereocenters. The van der Waals surface area contributed by atoms with Crippen LogP contribution in [-0.4, -0.2) is 28.1 Å². The molecule has 0 amide bonds. The van der Waals surface area contributed by atoms with E-state index >= 15 is 0 Å². The van der Waals surface area contributed by atoms with E-state index in [1.807, 2.05) is 0 Å². The Labute approximate surface area is 141 Å². The van der Waals surface area contributed by atoms with Gasteiger partial charge in [-0.3, -0.25) is 8.57 Å². The van der Waals surface area contributed by atoms with Crippen LogP contribution < -0.4 is 8.57 Å². The van der Waals surface area contributed by atoms with Crippen LogP contribution in [0.15, 0.2) is 60.9 Å². The topological polar surface area (TPSA) is 103 Å². The van der Waals surface area contributed by atoms with Gasteiger partial charge in [0.1, 0.15) is 11.5 Å². The Morgan fingerprint density at radius 1 is 0.720 bits per heavy atom. The minimum atomic E-state index is -4.54. The molecule has 2 aromatic heterocycles. The van der Waals surface area contributed by atoms with Gasteiger partial charge in [-0.2, -0.15) is 9.46 Å². The molecule has 0 fully saturated rings. The van der Waals surface area contributed by atoms with Gasteiger partial charge in [-0.1, -0.05) is 24.3 Å². The minimum Gasteiger partial charge on any atom is -0.506 e. The Bertz CT molecular complexity index is 1100. The standard InChI is InChI=1S/C16H12N2O6S/c19-15-9-17(13-7-3-1-5-11(13)15)23-25(21,22)24-18-10-16(20)12-6-2-4-8-14(12)18/h1-10,19-20H. The quantitative estimate of drug-likeness (QED) is 0.575. The van der Waals surface area contributed by atoms with Crippen LogP contribution in [0, 0.1) is 0 Å². The lowest BCUT2D eigenvalue weighted by atomic mass is 10.2. The predicted molar refractivity (Wildman–Crippen MR) is 89.3 cm³/mol. The van der Waals surface area contributed by atoms with Gasteiger partial charge < -0.3 is 10.2 Å².